The molecule has 0 spiro atoms. The number of imidazole rings is 2. The summed E-state index contributed by atoms with van der Waals surface area (Å²) < 4.78 is 19.2. The van der Waals surface area contributed by atoms with Crippen molar-refractivity contribution < 1.29 is 30.2 Å². The molecule has 0 aliphatic rings. The van der Waals surface area contributed by atoms with Crippen LogP contribution in [0.15, 0.2) is 199 Å². The fraction of sp³-hybridized carbons (Fsp3) is 0.171. The topological polar surface area (TPSA) is 70.9 Å². The largest absolute Gasteiger partial charge is 2.00 e. The summed E-state index contributed by atoms with van der Waals surface area (Å²) in [5, 5.41) is 5.05. The Kier molecular flexibility index (Phi) is 14.0. The molecule has 0 N–H and O–H groups in total. The van der Waals surface area contributed by atoms with Gasteiger partial charge in [0.25, 0.3) is 0 Å². The van der Waals surface area contributed by atoms with Gasteiger partial charge in [-0.15, -0.1) is 23.8 Å². The van der Waals surface area contributed by atoms with E-state index >= 15 is 0 Å². The summed E-state index contributed by atoms with van der Waals surface area (Å²) in [7, 11) is 0. The number of nitrogens with zero attached hydrogens (tertiary/aromatic N) is 5. The predicted octanol–water partition coefficient (Wildman–Crippen LogP) is 20.8. The van der Waals surface area contributed by atoms with Crippen molar-refractivity contribution in [2.45, 2.75) is 86.0 Å². The number of ether oxygens (including phenoxy) is 1. The van der Waals surface area contributed by atoms with Gasteiger partial charge in [0.1, 0.15) is 5.58 Å². The fourth-order valence-electron chi connectivity index (χ4n) is 12.5. The van der Waals surface area contributed by atoms with Gasteiger partial charge in [0.15, 0.2) is 0 Å². The van der Waals surface area contributed by atoms with Crippen LogP contribution < -0.4 is 4.74 Å². The zero-order chi connectivity index (χ0) is 56.8. The van der Waals surface area contributed by atoms with Crippen LogP contribution in [-0.2, 0) is 21.1 Å². The van der Waals surface area contributed by atoms with Crippen LogP contribution in [0.3, 0.4) is 0 Å². The van der Waals surface area contributed by atoms with Crippen LogP contribution >= 0.6 is 0 Å². The molecule has 0 radical (unpaired) electrons. The van der Waals surface area contributed by atoms with E-state index in [1.807, 2.05) is 12.1 Å². The SMILES string of the molecule is Cc1nc2ccccc2c2c1ccc1oc3c(-c4nc5ccccc5n4-c4c(C(C)C)cc(-c5ccccc5)cc4C(C)C)[c-]c(Oc4[c-]c(-c5nc6ccccc6n5-c5c(C(C)C)cc(-c6ccccc6)cc5C(C)C)ccc4)cc3c12.[Pt+2]. The summed E-state index contributed by atoms with van der Waals surface area (Å²) in [5.74, 6) is 3.26. The molecule has 10 aromatic carbocycles. The van der Waals surface area contributed by atoms with Crippen LogP contribution in [0.25, 0.3) is 122 Å². The van der Waals surface area contributed by atoms with Gasteiger partial charge in [0, 0.05) is 50.1 Å². The van der Waals surface area contributed by atoms with Crippen LogP contribution in [0, 0.1) is 19.1 Å². The molecule has 0 bridgehead atoms. The monoisotopic (exact) mass is 1270 g/mol. The van der Waals surface area contributed by atoms with Gasteiger partial charge in [-0.25, -0.2) is 0 Å². The maximum absolute atomic E-state index is 7.23. The van der Waals surface area contributed by atoms with Gasteiger partial charge in [-0.1, -0.05) is 188 Å². The third kappa shape index (κ3) is 9.21. The standard InChI is InChI=1S/C76H63N5O2.Pt/c1-44(2)58-38-52(49-23-12-10-13-24-49)39-59(45(3)4)72(58)80-67-33-20-18-31-65(67)78-75(80)51-27-22-28-54(37-51)82-55-42-62-71-69(36-35-56-48(9)77-64-30-17-16-29-57(64)70(56)71)83-74(62)63(43-55)76-79-66-32-19-21-34-68(66)81(76)73-60(46(5)6)40-53(41-61(73)47(7)8)50-25-14-11-15-26-50;/h10-36,38-42,44-47H,1-9H3;/q-2;+2. The van der Waals surface area contributed by atoms with Crippen molar-refractivity contribution in [1.82, 2.24) is 24.1 Å². The molecule has 0 aliphatic carbocycles. The molecule has 0 fully saturated rings. The van der Waals surface area contributed by atoms with Crippen LogP contribution in [0.1, 0.15) is 107 Å². The molecule has 84 heavy (non-hydrogen) atoms. The Morgan fingerprint density at radius 1 is 0.417 bits per heavy atom. The zero-order valence-electron chi connectivity index (χ0n) is 48.7. The van der Waals surface area contributed by atoms with Crippen molar-refractivity contribution in [2.75, 3.05) is 0 Å². The van der Waals surface area contributed by atoms with Gasteiger partial charge in [-0.05, 0) is 142 Å². The number of pyridine rings is 1. The third-order valence-electron chi connectivity index (χ3n) is 16.6. The molecule has 14 rings (SSSR count). The van der Waals surface area contributed by atoms with Crippen LogP contribution in [-0.4, -0.2) is 24.1 Å². The first kappa shape index (κ1) is 54.4. The summed E-state index contributed by atoms with van der Waals surface area (Å²) >= 11 is 0. The van der Waals surface area contributed by atoms with Crippen molar-refractivity contribution in [3.63, 3.8) is 0 Å². The van der Waals surface area contributed by atoms with Gasteiger partial charge in [-0.3, -0.25) is 15.0 Å². The Labute approximate surface area is 504 Å². The number of fused-ring (bicyclic) bond motifs is 9. The molecule has 14 aromatic rings. The molecule has 8 heteroatoms. The van der Waals surface area contributed by atoms with Crippen LogP contribution in [0.2, 0.25) is 0 Å². The number of hydrogen-bond donors (Lipinski definition) is 0. The minimum atomic E-state index is 0. The van der Waals surface area contributed by atoms with Crippen molar-refractivity contribution in [3.8, 4) is 67.9 Å². The Morgan fingerprint density at radius 2 is 0.917 bits per heavy atom. The minimum Gasteiger partial charge on any atom is -0.501 e. The third-order valence-corrected chi connectivity index (χ3v) is 16.6. The summed E-state index contributed by atoms with van der Waals surface area (Å²) in [6.45, 7) is 20.4. The van der Waals surface area contributed by atoms with Crippen LogP contribution in [0.4, 0.5) is 0 Å². The van der Waals surface area contributed by atoms with Gasteiger partial charge in [-0.2, -0.15) is 0 Å². The smallest absolute Gasteiger partial charge is 0.501 e. The van der Waals surface area contributed by atoms with Crippen LogP contribution in [0.5, 0.6) is 11.5 Å². The van der Waals surface area contributed by atoms with E-state index in [0.717, 1.165) is 88.6 Å². The number of para-hydroxylation sites is 5. The van der Waals surface area contributed by atoms with E-state index in [9.17, 15) is 0 Å². The Balaban J connectivity index is 0.00000658. The molecule has 414 valence electrons. The summed E-state index contributed by atoms with van der Waals surface area (Å²) in [6, 6.07) is 76.2. The molecule has 0 unspecified atom stereocenters. The maximum atomic E-state index is 7.23. The van der Waals surface area contributed by atoms with E-state index in [1.54, 1.807) is 0 Å². The van der Waals surface area contributed by atoms with Crippen molar-refractivity contribution in [3.05, 3.63) is 234 Å². The van der Waals surface area contributed by atoms with E-state index < -0.39 is 0 Å². The van der Waals surface area contributed by atoms with E-state index in [-0.39, 0.29) is 44.7 Å². The molecule has 4 aromatic heterocycles. The summed E-state index contributed by atoms with van der Waals surface area (Å²) in [5.41, 5.74) is 20.5. The second-order valence-electron chi connectivity index (χ2n) is 23.3. The quantitative estimate of drug-likeness (QED) is 0.0900. The zero-order valence-corrected chi connectivity index (χ0v) is 50.9. The average Bonchev–Trinajstić information content (AvgIpc) is 1.93. The molecule has 4 heterocycles. The first-order chi connectivity index (χ1) is 40.4. The second-order valence-corrected chi connectivity index (χ2v) is 23.3. The van der Waals surface area contributed by atoms with Crippen molar-refractivity contribution in [2.24, 2.45) is 0 Å². The molecule has 0 atom stereocenters. The maximum Gasteiger partial charge on any atom is 2.00 e. The number of hydrogen-bond acceptors (Lipinski definition) is 5. The summed E-state index contributed by atoms with van der Waals surface area (Å²) in [6.07, 6.45) is 0. The Hall–Kier alpha value is -8.90. The van der Waals surface area contributed by atoms with E-state index in [0.29, 0.717) is 28.5 Å². The Morgan fingerprint density at radius 3 is 1.48 bits per heavy atom. The first-order valence-electron chi connectivity index (χ1n) is 29.1. The molecule has 0 amide bonds. The predicted molar refractivity (Wildman–Crippen MR) is 343 cm³/mol. The van der Waals surface area contributed by atoms with Gasteiger partial charge in [0.2, 0.25) is 0 Å². The van der Waals surface area contributed by atoms with Crippen molar-refractivity contribution >= 4 is 65.7 Å². The molecular formula is C76H63N5O2Pt. The molecule has 0 saturated heterocycles. The van der Waals surface area contributed by atoms with E-state index in [4.69, 9.17) is 24.1 Å². The van der Waals surface area contributed by atoms with Gasteiger partial charge in [0.05, 0.1) is 44.8 Å². The molecule has 0 saturated carbocycles. The van der Waals surface area contributed by atoms with Crippen molar-refractivity contribution in [1.29, 1.82) is 0 Å². The number of benzene rings is 10. The van der Waals surface area contributed by atoms with Gasteiger partial charge >= 0.3 is 21.1 Å². The summed E-state index contributed by atoms with van der Waals surface area (Å²) in [4.78, 5) is 16.1. The van der Waals surface area contributed by atoms with E-state index in [1.165, 1.54) is 44.5 Å². The molecule has 0 aliphatic heterocycles. The second kappa shape index (κ2) is 21.7. The number of aryl methyl sites for hydroxylation is 1. The minimum absolute atomic E-state index is 0. The molecular weight excluding hydrogens is 1210 g/mol. The van der Waals surface area contributed by atoms with E-state index in [2.05, 4.69) is 266 Å². The fourth-order valence-corrected chi connectivity index (χ4v) is 12.5. The van der Waals surface area contributed by atoms with Gasteiger partial charge < -0.3 is 18.3 Å². The average molecular weight is 1270 g/mol. The number of furan rings is 1. The number of rotatable bonds is 12. The number of aromatic nitrogens is 5. The first-order valence-corrected chi connectivity index (χ1v) is 29.1. The molecule has 7 nitrogen and oxygen atoms in total. The Bertz CT molecular complexity index is 4800. The normalized spacial score (nSPS) is 12.0.